The smallest absolute Gasteiger partial charge is 0.253 e. The third kappa shape index (κ3) is 4.97. The van der Waals surface area contributed by atoms with Crippen molar-refractivity contribution in [3.63, 3.8) is 0 Å². The highest BCUT2D eigenvalue weighted by molar-refractivity contribution is 6.01. The number of nitrogens with one attached hydrogen (secondary N) is 1. The van der Waals surface area contributed by atoms with Gasteiger partial charge in [-0.1, -0.05) is 29.8 Å². The maximum Gasteiger partial charge on any atom is 0.253 e. The summed E-state index contributed by atoms with van der Waals surface area (Å²) in [4.78, 5) is 36.3. The van der Waals surface area contributed by atoms with Gasteiger partial charge < -0.3 is 10.2 Å². The lowest BCUT2D eigenvalue weighted by Gasteiger charge is -2.17. The fraction of sp³-hybridized carbons (Fsp3) is 0.280. The van der Waals surface area contributed by atoms with E-state index in [-0.39, 0.29) is 18.4 Å². The van der Waals surface area contributed by atoms with Crippen LogP contribution in [-0.4, -0.2) is 39.8 Å². The Morgan fingerprint density at radius 1 is 0.903 bits per heavy atom. The minimum absolute atomic E-state index is 0.0232. The monoisotopic (exact) mass is 414 g/mol. The Kier molecular flexibility index (Phi) is 6.07. The van der Waals surface area contributed by atoms with Crippen LogP contribution in [0, 0.1) is 13.8 Å². The number of amides is 2. The molecule has 6 heteroatoms. The summed E-state index contributed by atoms with van der Waals surface area (Å²) >= 11 is 0. The number of nitrogens with zero attached hydrogens (tertiary/aromatic N) is 3. The van der Waals surface area contributed by atoms with E-state index in [1.807, 2.05) is 55.1 Å². The van der Waals surface area contributed by atoms with Gasteiger partial charge in [0.25, 0.3) is 11.8 Å². The molecule has 1 saturated heterocycles. The number of aryl methyl sites for hydroxylation is 2. The Hall–Kier alpha value is -3.54. The van der Waals surface area contributed by atoms with Gasteiger partial charge in [0.05, 0.1) is 24.1 Å². The first-order chi connectivity index (χ1) is 15.0. The number of benzene rings is 2. The predicted molar refractivity (Wildman–Crippen MR) is 120 cm³/mol. The second-order valence-electron chi connectivity index (χ2n) is 8.00. The Balaban J connectivity index is 1.63. The van der Waals surface area contributed by atoms with E-state index < -0.39 is 0 Å². The van der Waals surface area contributed by atoms with Crippen molar-refractivity contribution in [2.24, 2.45) is 0 Å². The van der Waals surface area contributed by atoms with Gasteiger partial charge in [0, 0.05) is 30.4 Å². The molecule has 2 heterocycles. The van der Waals surface area contributed by atoms with Gasteiger partial charge in [-0.25, -0.2) is 0 Å². The molecule has 4 rings (SSSR count). The summed E-state index contributed by atoms with van der Waals surface area (Å²) in [6.45, 7) is 5.70. The van der Waals surface area contributed by atoms with Gasteiger partial charge in [0.15, 0.2) is 0 Å². The normalized spacial score (nSPS) is 13.3. The number of hydrogen-bond donors (Lipinski definition) is 1. The molecular formula is C25H26N4O2. The third-order valence-corrected chi connectivity index (χ3v) is 5.48. The summed E-state index contributed by atoms with van der Waals surface area (Å²) in [5.74, 6) is -0.267. The molecule has 0 radical (unpaired) electrons. The molecule has 158 valence electrons. The van der Waals surface area contributed by atoms with Crippen LogP contribution >= 0.6 is 0 Å². The van der Waals surface area contributed by atoms with Crippen LogP contribution in [0.15, 0.2) is 54.9 Å². The highest BCUT2D eigenvalue weighted by Crippen LogP contribution is 2.25. The summed E-state index contributed by atoms with van der Waals surface area (Å²) in [5.41, 5.74) is 5.49. The Morgan fingerprint density at radius 3 is 2.29 bits per heavy atom. The highest BCUT2D eigenvalue weighted by atomic mass is 16.2. The number of aromatic nitrogens is 2. The second kappa shape index (κ2) is 9.08. The van der Waals surface area contributed by atoms with Gasteiger partial charge in [0.1, 0.15) is 0 Å². The van der Waals surface area contributed by atoms with Crippen molar-refractivity contribution < 1.29 is 9.59 Å². The zero-order chi connectivity index (χ0) is 21.8. The Labute approximate surface area is 182 Å². The molecule has 0 atom stereocenters. The molecule has 1 aliphatic heterocycles. The molecule has 3 aromatic rings. The van der Waals surface area contributed by atoms with Crippen molar-refractivity contribution in [3.8, 4) is 11.1 Å². The van der Waals surface area contributed by atoms with Gasteiger partial charge in [-0.05, 0) is 56.0 Å². The van der Waals surface area contributed by atoms with Crippen LogP contribution in [0.2, 0.25) is 0 Å². The predicted octanol–water partition coefficient (Wildman–Crippen LogP) is 3.93. The van der Waals surface area contributed by atoms with Crippen molar-refractivity contribution >= 4 is 11.8 Å². The van der Waals surface area contributed by atoms with Crippen LogP contribution in [0.25, 0.3) is 11.1 Å². The lowest BCUT2D eigenvalue weighted by atomic mass is 9.98. The van der Waals surface area contributed by atoms with Crippen molar-refractivity contribution in [2.45, 2.75) is 33.2 Å². The van der Waals surface area contributed by atoms with E-state index >= 15 is 0 Å². The molecule has 0 saturated carbocycles. The van der Waals surface area contributed by atoms with Gasteiger partial charge in [-0.2, -0.15) is 0 Å². The fourth-order valence-electron chi connectivity index (χ4n) is 3.68. The van der Waals surface area contributed by atoms with Crippen molar-refractivity contribution in [1.82, 2.24) is 20.2 Å². The number of carbonyl (C=O) groups is 2. The minimum atomic E-state index is -0.244. The van der Waals surface area contributed by atoms with Crippen LogP contribution in [0.1, 0.15) is 50.5 Å². The summed E-state index contributed by atoms with van der Waals surface area (Å²) in [6, 6.07) is 13.5. The topological polar surface area (TPSA) is 75.2 Å². The molecule has 0 aliphatic carbocycles. The second-order valence-corrected chi connectivity index (χ2v) is 8.00. The first kappa shape index (κ1) is 20.7. The standard InChI is InChI=1S/C25H26N4O2/c1-17-5-7-19(8-6-17)20-11-21(13-22(12-20)25(31)29-9-3-4-10-29)24(30)28-16-23-15-26-18(2)14-27-23/h5-8,11-15H,3-4,9-10,16H2,1-2H3,(H,28,30). The van der Waals surface area contributed by atoms with Gasteiger partial charge >= 0.3 is 0 Å². The Bertz CT molecular complexity index is 1090. The summed E-state index contributed by atoms with van der Waals surface area (Å²) in [6.07, 6.45) is 5.37. The van der Waals surface area contributed by atoms with Gasteiger partial charge in [-0.15, -0.1) is 0 Å². The molecule has 2 amide bonds. The first-order valence-corrected chi connectivity index (χ1v) is 10.6. The SMILES string of the molecule is Cc1ccc(-c2cc(C(=O)NCc3cnc(C)cn3)cc(C(=O)N3CCCC3)c2)cc1. The average molecular weight is 415 g/mol. The number of carbonyl (C=O) groups excluding carboxylic acids is 2. The third-order valence-electron chi connectivity index (χ3n) is 5.48. The highest BCUT2D eigenvalue weighted by Gasteiger charge is 2.21. The molecule has 1 fully saturated rings. The van der Waals surface area contributed by atoms with E-state index in [2.05, 4.69) is 15.3 Å². The van der Waals surface area contributed by atoms with Crippen LogP contribution < -0.4 is 5.32 Å². The molecule has 0 unspecified atom stereocenters. The molecule has 1 N–H and O–H groups in total. The summed E-state index contributed by atoms with van der Waals surface area (Å²) < 4.78 is 0. The largest absolute Gasteiger partial charge is 0.346 e. The van der Waals surface area contributed by atoms with Crippen LogP contribution in [0.3, 0.4) is 0 Å². The van der Waals surface area contributed by atoms with E-state index in [1.165, 1.54) is 0 Å². The number of rotatable bonds is 5. The van der Waals surface area contributed by atoms with E-state index in [0.717, 1.165) is 48.3 Å². The molecule has 0 spiro atoms. The molecular weight excluding hydrogens is 388 g/mol. The summed E-state index contributed by atoms with van der Waals surface area (Å²) in [5, 5.41) is 2.89. The van der Waals surface area contributed by atoms with Crippen LogP contribution in [0.5, 0.6) is 0 Å². The maximum atomic E-state index is 13.0. The zero-order valence-electron chi connectivity index (χ0n) is 17.9. The van der Waals surface area contributed by atoms with E-state index in [4.69, 9.17) is 0 Å². The lowest BCUT2D eigenvalue weighted by Crippen LogP contribution is -2.28. The number of hydrogen-bond acceptors (Lipinski definition) is 4. The first-order valence-electron chi connectivity index (χ1n) is 10.6. The Morgan fingerprint density at radius 2 is 1.61 bits per heavy atom. The maximum absolute atomic E-state index is 13.0. The molecule has 0 bridgehead atoms. The molecule has 31 heavy (non-hydrogen) atoms. The van der Waals surface area contributed by atoms with Crippen molar-refractivity contribution in [2.75, 3.05) is 13.1 Å². The quantitative estimate of drug-likeness (QED) is 0.687. The zero-order valence-corrected chi connectivity index (χ0v) is 17.9. The molecule has 6 nitrogen and oxygen atoms in total. The van der Waals surface area contributed by atoms with Crippen LogP contribution in [0.4, 0.5) is 0 Å². The lowest BCUT2D eigenvalue weighted by molar-refractivity contribution is 0.0793. The average Bonchev–Trinajstić information content (AvgIpc) is 3.33. The van der Waals surface area contributed by atoms with Gasteiger partial charge in [-0.3, -0.25) is 19.6 Å². The van der Waals surface area contributed by atoms with Gasteiger partial charge in [0.2, 0.25) is 0 Å². The van der Waals surface area contributed by atoms with E-state index in [0.29, 0.717) is 16.8 Å². The fourth-order valence-corrected chi connectivity index (χ4v) is 3.68. The van der Waals surface area contributed by atoms with Crippen molar-refractivity contribution in [3.05, 3.63) is 82.9 Å². The van der Waals surface area contributed by atoms with E-state index in [1.54, 1.807) is 18.5 Å². The molecule has 1 aromatic heterocycles. The van der Waals surface area contributed by atoms with E-state index in [9.17, 15) is 9.59 Å². The molecule has 1 aliphatic rings. The summed E-state index contributed by atoms with van der Waals surface area (Å²) in [7, 11) is 0. The van der Waals surface area contributed by atoms with Crippen molar-refractivity contribution in [1.29, 1.82) is 0 Å². The molecule has 2 aromatic carbocycles. The van der Waals surface area contributed by atoms with Crippen LogP contribution in [-0.2, 0) is 6.54 Å². The minimum Gasteiger partial charge on any atom is -0.346 e. The number of likely N-dealkylation sites (tertiary alicyclic amines) is 1.